The van der Waals surface area contributed by atoms with E-state index in [-0.39, 0.29) is 5.97 Å². The highest BCUT2D eigenvalue weighted by molar-refractivity contribution is 7.99. The average molecular weight is 268 g/mol. The summed E-state index contributed by atoms with van der Waals surface area (Å²) in [6.45, 7) is 4.87. The first kappa shape index (κ1) is 14.8. The molecular formula is C13H20N2O2S. The monoisotopic (exact) mass is 268 g/mol. The number of hydrogen-bond acceptors (Lipinski definition) is 5. The molecule has 0 saturated heterocycles. The summed E-state index contributed by atoms with van der Waals surface area (Å²) in [6.07, 6.45) is 1.11. The Morgan fingerprint density at radius 1 is 1.50 bits per heavy atom. The highest BCUT2D eigenvalue weighted by Gasteiger charge is 2.10. The Morgan fingerprint density at radius 2 is 2.28 bits per heavy atom. The summed E-state index contributed by atoms with van der Waals surface area (Å²) in [7, 11) is 1.37. The number of aromatic nitrogens is 1. The van der Waals surface area contributed by atoms with Crippen LogP contribution < -0.4 is 5.32 Å². The molecule has 18 heavy (non-hydrogen) atoms. The molecule has 100 valence electrons. The van der Waals surface area contributed by atoms with E-state index >= 15 is 0 Å². The minimum absolute atomic E-state index is 0.342. The third kappa shape index (κ3) is 4.56. The molecule has 0 radical (unpaired) electrons. The van der Waals surface area contributed by atoms with Crippen molar-refractivity contribution in [2.45, 2.75) is 20.3 Å². The molecule has 1 N–H and O–H groups in total. The van der Waals surface area contributed by atoms with Gasteiger partial charge in [-0.2, -0.15) is 11.8 Å². The van der Waals surface area contributed by atoms with Crippen molar-refractivity contribution in [3.8, 4) is 0 Å². The fourth-order valence-corrected chi connectivity index (χ4v) is 2.16. The van der Waals surface area contributed by atoms with Crippen molar-refractivity contribution in [2.24, 2.45) is 0 Å². The third-order valence-corrected chi connectivity index (χ3v) is 3.45. The van der Waals surface area contributed by atoms with Crippen LogP contribution in [0.15, 0.2) is 12.1 Å². The second-order valence-electron chi connectivity index (χ2n) is 3.80. The Hall–Kier alpha value is -1.23. The van der Waals surface area contributed by atoms with Gasteiger partial charge in [0.1, 0.15) is 5.82 Å². The molecule has 1 aromatic rings. The lowest BCUT2D eigenvalue weighted by Gasteiger charge is -2.08. The van der Waals surface area contributed by atoms with Crippen molar-refractivity contribution >= 4 is 23.5 Å². The number of rotatable bonds is 7. The maximum absolute atomic E-state index is 11.4. The second-order valence-corrected chi connectivity index (χ2v) is 5.19. The predicted molar refractivity (Wildman–Crippen MR) is 76.4 cm³/mol. The van der Waals surface area contributed by atoms with Gasteiger partial charge in [0.15, 0.2) is 0 Å². The van der Waals surface area contributed by atoms with Crippen LogP contribution in [0.25, 0.3) is 0 Å². The first-order valence-corrected chi connectivity index (χ1v) is 7.22. The smallest absolute Gasteiger partial charge is 0.339 e. The van der Waals surface area contributed by atoms with Crippen LogP contribution in [-0.2, 0) is 4.74 Å². The summed E-state index contributed by atoms with van der Waals surface area (Å²) < 4.78 is 4.68. The number of pyridine rings is 1. The first-order chi connectivity index (χ1) is 8.69. The zero-order valence-electron chi connectivity index (χ0n) is 11.2. The Bertz CT molecular complexity index is 397. The number of ether oxygens (including phenoxy) is 1. The van der Waals surface area contributed by atoms with E-state index in [1.807, 2.05) is 24.8 Å². The van der Waals surface area contributed by atoms with Crippen molar-refractivity contribution < 1.29 is 9.53 Å². The summed E-state index contributed by atoms with van der Waals surface area (Å²) >= 11 is 1.93. The maximum atomic E-state index is 11.4. The number of esters is 1. The van der Waals surface area contributed by atoms with Gasteiger partial charge < -0.3 is 10.1 Å². The molecule has 0 bridgehead atoms. The lowest BCUT2D eigenvalue weighted by molar-refractivity contribution is 0.0599. The molecular weight excluding hydrogens is 248 g/mol. The van der Waals surface area contributed by atoms with Crippen molar-refractivity contribution in [2.75, 3.05) is 30.5 Å². The van der Waals surface area contributed by atoms with Crippen molar-refractivity contribution in [3.63, 3.8) is 0 Å². The van der Waals surface area contributed by atoms with E-state index in [1.165, 1.54) is 7.11 Å². The molecule has 0 unspecified atom stereocenters. The quantitative estimate of drug-likeness (QED) is 0.608. The van der Waals surface area contributed by atoms with Crippen LogP contribution in [0.3, 0.4) is 0 Å². The Kier molecular flexibility index (Phi) is 6.57. The predicted octanol–water partition coefficient (Wildman–Crippen LogP) is 2.73. The molecule has 5 heteroatoms. The second kappa shape index (κ2) is 7.97. The molecule has 4 nitrogen and oxygen atoms in total. The number of carbonyl (C=O) groups is 1. The SMILES string of the molecule is CCSCCCNc1ccc(C(=O)OC)c(C)n1. The molecule has 1 aromatic heterocycles. The molecule has 0 aromatic carbocycles. The first-order valence-electron chi connectivity index (χ1n) is 6.06. The van der Waals surface area contributed by atoms with Gasteiger partial charge in [-0.25, -0.2) is 9.78 Å². The van der Waals surface area contributed by atoms with Gasteiger partial charge in [-0.05, 0) is 37.0 Å². The van der Waals surface area contributed by atoms with Crippen LogP contribution >= 0.6 is 11.8 Å². The number of hydrogen-bond donors (Lipinski definition) is 1. The lowest BCUT2D eigenvalue weighted by atomic mass is 10.2. The lowest BCUT2D eigenvalue weighted by Crippen LogP contribution is -2.09. The number of nitrogens with one attached hydrogen (secondary N) is 1. The third-order valence-electron chi connectivity index (χ3n) is 2.47. The van der Waals surface area contributed by atoms with E-state index in [9.17, 15) is 4.79 Å². The Morgan fingerprint density at radius 3 is 2.89 bits per heavy atom. The Balaban J connectivity index is 2.49. The molecule has 0 aliphatic heterocycles. The van der Waals surface area contributed by atoms with Crippen molar-refractivity contribution in [1.82, 2.24) is 4.98 Å². The van der Waals surface area contributed by atoms with Gasteiger partial charge in [-0.3, -0.25) is 0 Å². The zero-order valence-corrected chi connectivity index (χ0v) is 12.0. The van der Waals surface area contributed by atoms with E-state index in [0.29, 0.717) is 11.3 Å². The van der Waals surface area contributed by atoms with Crippen LogP contribution in [0, 0.1) is 6.92 Å². The largest absolute Gasteiger partial charge is 0.465 e. The fourth-order valence-electron chi connectivity index (χ4n) is 1.52. The molecule has 0 spiro atoms. The number of aryl methyl sites for hydroxylation is 1. The molecule has 0 amide bonds. The van der Waals surface area contributed by atoms with Crippen LogP contribution in [-0.4, -0.2) is 36.1 Å². The normalized spacial score (nSPS) is 10.2. The summed E-state index contributed by atoms with van der Waals surface area (Å²) in [5.74, 6) is 2.78. The summed E-state index contributed by atoms with van der Waals surface area (Å²) in [5, 5.41) is 3.25. The number of thioether (sulfide) groups is 1. The molecule has 1 rings (SSSR count). The van der Waals surface area contributed by atoms with E-state index in [1.54, 1.807) is 6.07 Å². The van der Waals surface area contributed by atoms with Crippen LogP contribution in [0.2, 0.25) is 0 Å². The number of nitrogens with zero attached hydrogens (tertiary/aromatic N) is 1. The zero-order chi connectivity index (χ0) is 13.4. The van der Waals surface area contributed by atoms with Crippen LogP contribution in [0.4, 0.5) is 5.82 Å². The summed E-state index contributed by atoms with van der Waals surface area (Å²) in [6, 6.07) is 3.56. The number of anilines is 1. The Labute approximate surface area is 113 Å². The maximum Gasteiger partial charge on any atom is 0.339 e. The van der Waals surface area contributed by atoms with Gasteiger partial charge in [0, 0.05) is 6.54 Å². The van der Waals surface area contributed by atoms with Gasteiger partial charge in [-0.15, -0.1) is 0 Å². The molecule has 0 aliphatic carbocycles. The van der Waals surface area contributed by atoms with Gasteiger partial charge in [-0.1, -0.05) is 6.92 Å². The number of carbonyl (C=O) groups excluding carboxylic acids is 1. The van der Waals surface area contributed by atoms with Gasteiger partial charge in [0.2, 0.25) is 0 Å². The topological polar surface area (TPSA) is 51.2 Å². The highest BCUT2D eigenvalue weighted by atomic mass is 32.2. The van der Waals surface area contributed by atoms with Crippen LogP contribution in [0.1, 0.15) is 29.4 Å². The van der Waals surface area contributed by atoms with E-state index in [0.717, 1.165) is 30.3 Å². The minimum atomic E-state index is -0.342. The van der Waals surface area contributed by atoms with Gasteiger partial charge in [0.25, 0.3) is 0 Å². The minimum Gasteiger partial charge on any atom is -0.465 e. The highest BCUT2D eigenvalue weighted by Crippen LogP contribution is 2.11. The molecule has 0 fully saturated rings. The van der Waals surface area contributed by atoms with Crippen molar-refractivity contribution in [3.05, 3.63) is 23.4 Å². The van der Waals surface area contributed by atoms with E-state index < -0.39 is 0 Å². The van der Waals surface area contributed by atoms with E-state index in [2.05, 4.69) is 22.0 Å². The van der Waals surface area contributed by atoms with E-state index in [4.69, 9.17) is 0 Å². The standard InChI is InChI=1S/C13H20N2O2S/c1-4-18-9-5-8-14-12-7-6-11(10(2)15-12)13(16)17-3/h6-7H,4-5,8-9H2,1-3H3,(H,14,15). The average Bonchev–Trinajstić information content (AvgIpc) is 2.38. The molecule has 0 atom stereocenters. The molecule has 1 heterocycles. The summed E-state index contributed by atoms with van der Waals surface area (Å²) in [5.41, 5.74) is 1.21. The molecule has 0 saturated carbocycles. The number of methoxy groups -OCH3 is 1. The van der Waals surface area contributed by atoms with Gasteiger partial charge >= 0.3 is 5.97 Å². The summed E-state index contributed by atoms with van der Waals surface area (Å²) in [4.78, 5) is 15.7. The van der Waals surface area contributed by atoms with Crippen LogP contribution in [0.5, 0.6) is 0 Å². The van der Waals surface area contributed by atoms with Gasteiger partial charge in [0.05, 0.1) is 18.4 Å². The fraction of sp³-hybridized carbons (Fsp3) is 0.538. The molecule has 0 aliphatic rings. The van der Waals surface area contributed by atoms with Crippen molar-refractivity contribution in [1.29, 1.82) is 0 Å².